The van der Waals surface area contributed by atoms with Gasteiger partial charge < -0.3 is 4.90 Å². The Kier molecular flexibility index (Phi) is 4.54. The van der Waals surface area contributed by atoms with Gasteiger partial charge in [0.25, 0.3) is 10.0 Å². The van der Waals surface area contributed by atoms with E-state index in [1.807, 2.05) is 0 Å². The lowest BCUT2D eigenvalue weighted by molar-refractivity contribution is 0.355. The number of anilines is 1. The highest BCUT2D eigenvalue weighted by Gasteiger charge is 2.40. The van der Waals surface area contributed by atoms with Gasteiger partial charge in [-0.15, -0.1) is 4.09 Å². The Bertz CT molecular complexity index is 922. The van der Waals surface area contributed by atoms with E-state index < -0.39 is 38.6 Å². The number of hydrogen-bond acceptors (Lipinski definition) is 4. The second kappa shape index (κ2) is 6.29. The van der Waals surface area contributed by atoms with Crippen LogP contribution >= 0.6 is 0 Å². The summed E-state index contributed by atoms with van der Waals surface area (Å²) < 4.78 is 67.3. The predicted octanol–water partition coefficient (Wildman–Crippen LogP) is 3.43. The van der Waals surface area contributed by atoms with Crippen LogP contribution in [0.4, 0.5) is 19.0 Å². The molecule has 2 atom stereocenters. The first-order valence-corrected chi connectivity index (χ1v) is 9.61. The normalized spacial score (nSPS) is 21.4. The minimum Gasteiger partial charge on any atom is -0.346 e. The first-order chi connectivity index (χ1) is 12.0. The predicted molar refractivity (Wildman–Crippen MR) is 92.3 cm³/mol. The minimum absolute atomic E-state index is 0.00828. The zero-order valence-electron chi connectivity index (χ0n) is 14.7. The van der Waals surface area contributed by atoms with Crippen molar-refractivity contribution in [2.75, 3.05) is 11.4 Å². The van der Waals surface area contributed by atoms with Gasteiger partial charge in [-0.3, -0.25) is 0 Å². The summed E-state index contributed by atoms with van der Waals surface area (Å²) in [6.45, 7) is 4.45. The molecular formula is C17H20F3N3O2S. The van der Waals surface area contributed by atoms with Gasteiger partial charge in [0.15, 0.2) is 0 Å². The number of rotatable bonds is 3. The van der Waals surface area contributed by atoms with E-state index in [-0.39, 0.29) is 24.3 Å². The molecule has 5 nitrogen and oxygen atoms in total. The standard InChI is InChI=1S/C17H20F3N3O2S/c1-17(2,3)26(24,25)23-16(6-7-21-23)22-10-12(19)9-15(22)13-8-11(18)4-5-14(13)20/h4-8,12,15H,9-10H2,1-3H3/t12-,15-/m1/s1. The van der Waals surface area contributed by atoms with Gasteiger partial charge in [0, 0.05) is 18.1 Å². The molecule has 1 aromatic carbocycles. The van der Waals surface area contributed by atoms with Crippen molar-refractivity contribution in [2.24, 2.45) is 0 Å². The molecule has 0 radical (unpaired) electrons. The molecule has 0 bridgehead atoms. The molecule has 2 aromatic rings. The summed E-state index contributed by atoms with van der Waals surface area (Å²) in [6, 6.07) is 3.60. The van der Waals surface area contributed by atoms with Gasteiger partial charge in [0.1, 0.15) is 23.6 Å². The molecule has 9 heteroatoms. The lowest BCUT2D eigenvalue weighted by Crippen LogP contribution is -2.37. The van der Waals surface area contributed by atoms with E-state index in [9.17, 15) is 21.6 Å². The molecule has 1 aliphatic heterocycles. The Morgan fingerprint density at radius 1 is 1.19 bits per heavy atom. The Balaban J connectivity index is 2.09. The fourth-order valence-electron chi connectivity index (χ4n) is 3.04. The largest absolute Gasteiger partial charge is 0.346 e. The summed E-state index contributed by atoms with van der Waals surface area (Å²) in [5, 5.41) is 3.89. The van der Waals surface area contributed by atoms with Crippen LogP contribution in [0.5, 0.6) is 0 Å². The maximum Gasteiger partial charge on any atom is 0.260 e. The highest BCUT2D eigenvalue weighted by atomic mass is 32.2. The lowest BCUT2D eigenvalue weighted by atomic mass is 10.0. The van der Waals surface area contributed by atoms with Crippen molar-refractivity contribution in [2.45, 2.75) is 44.2 Å². The molecule has 0 N–H and O–H groups in total. The van der Waals surface area contributed by atoms with Crippen molar-refractivity contribution in [1.29, 1.82) is 0 Å². The van der Waals surface area contributed by atoms with Crippen LogP contribution in [0.2, 0.25) is 0 Å². The van der Waals surface area contributed by atoms with E-state index in [1.165, 1.54) is 37.9 Å². The van der Waals surface area contributed by atoms with Gasteiger partial charge >= 0.3 is 0 Å². The third-order valence-electron chi connectivity index (χ3n) is 4.45. The maximum atomic E-state index is 14.2. The highest BCUT2D eigenvalue weighted by Crippen LogP contribution is 2.39. The number of benzene rings is 1. The maximum absolute atomic E-state index is 14.2. The number of alkyl halides is 1. The van der Waals surface area contributed by atoms with Gasteiger partial charge in [0.05, 0.1) is 23.5 Å². The fraction of sp³-hybridized carbons (Fsp3) is 0.471. The van der Waals surface area contributed by atoms with E-state index in [0.717, 1.165) is 22.3 Å². The van der Waals surface area contributed by atoms with Gasteiger partial charge in [-0.2, -0.15) is 5.10 Å². The van der Waals surface area contributed by atoms with Crippen molar-refractivity contribution in [3.8, 4) is 0 Å². The highest BCUT2D eigenvalue weighted by molar-refractivity contribution is 7.91. The number of halogens is 3. The fourth-order valence-corrected chi connectivity index (χ4v) is 4.15. The van der Waals surface area contributed by atoms with Gasteiger partial charge in [-0.05, 0) is 39.0 Å². The van der Waals surface area contributed by atoms with Crippen LogP contribution in [0.3, 0.4) is 0 Å². The number of hydrogen-bond donors (Lipinski definition) is 0. The third-order valence-corrected chi connectivity index (χ3v) is 6.74. The molecule has 3 rings (SSSR count). The van der Waals surface area contributed by atoms with E-state index in [4.69, 9.17) is 0 Å². The molecule has 0 amide bonds. The third kappa shape index (κ3) is 3.08. The Morgan fingerprint density at radius 2 is 1.88 bits per heavy atom. The first-order valence-electron chi connectivity index (χ1n) is 8.17. The molecule has 1 saturated heterocycles. The van der Waals surface area contributed by atoms with Crippen molar-refractivity contribution in [3.05, 3.63) is 47.7 Å². The molecule has 1 fully saturated rings. The molecule has 0 saturated carbocycles. The first kappa shape index (κ1) is 18.8. The second-order valence-corrected chi connectivity index (χ2v) is 9.84. The second-order valence-electron chi connectivity index (χ2n) is 7.32. The zero-order chi connectivity index (χ0) is 19.3. The van der Waals surface area contributed by atoms with Gasteiger partial charge in [-0.1, -0.05) is 0 Å². The summed E-state index contributed by atoms with van der Waals surface area (Å²) in [4.78, 5) is 1.43. The Hall–Kier alpha value is -2.03. The summed E-state index contributed by atoms with van der Waals surface area (Å²) in [5.41, 5.74) is -0.00828. The summed E-state index contributed by atoms with van der Waals surface area (Å²) in [7, 11) is -3.87. The SMILES string of the molecule is CC(C)(C)S(=O)(=O)n1nccc1N1C[C@H](F)C[C@@H]1c1cc(F)ccc1F. The van der Waals surface area contributed by atoms with Crippen LogP contribution in [-0.4, -0.2) is 35.1 Å². The molecule has 142 valence electrons. The summed E-state index contributed by atoms with van der Waals surface area (Å²) in [6.07, 6.45) is -0.0760. The number of nitrogens with zero attached hydrogens (tertiary/aromatic N) is 3. The monoisotopic (exact) mass is 387 g/mol. The van der Waals surface area contributed by atoms with Gasteiger partial charge in [0.2, 0.25) is 0 Å². The Morgan fingerprint density at radius 3 is 2.54 bits per heavy atom. The van der Waals surface area contributed by atoms with Crippen molar-refractivity contribution in [3.63, 3.8) is 0 Å². The molecule has 1 aliphatic rings. The molecule has 1 aromatic heterocycles. The molecule has 26 heavy (non-hydrogen) atoms. The smallest absolute Gasteiger partial charge is 0.260 e. The zero-order valence-corrected chi connectivity index (χ0v) is 15.5. The average molecular weight is 387 g/mol. The quantitative estimate of drug-likeness (QED) is 0.810. The average Bonchev–Trinajstić information content (AvgIpc) is 3.15. The Labute approximate surface area is 150 Å². The van der Waals surface area contributed by atoms with E-state index in [1.54, 1.807) is 0 Å². The summed E-state index contributed by atoms with van der Waals surface area (Å²) >= 11 is 0. The van der Waals surface area contributed by atoms with E-state index in [2.05, 4.69) is 5.10 Å². The van der Waals surface area contributed by atoms with Crippen LogP contribution in [0.25, 0.3) is 0 Å². The summed E-state index contributed by atoms with van der Waals surface area (Å²) in [5.74, 6) is -1.17. The molecule has 2 heterocycles. The molecule has 0 unspecified atom stereocenters. The van der Waals surface area contributed by atoms with Crippen molar-refractivity contribution in [1.82, 2.24) is 9.19 Å². The van der Waals surface area contributed by atoms with Gasteiger partial charge in [-0.25, -0.2) is 21.6 Å². The van der Waals surface area contributed by atoms with Crippen LogP contribution in [-0.2, 0) is 10.0 Å². The number of aromatic nitrogens is 2. The topological polar surface area (TPSA) is 55.2 Å². The van der Waals surface area contributed by atoms with Crippen molar-refractivity contribution >= 4 is 15.8 Å². The molecular weight excluding hydrogens is 367 g/mol. The van der Waals surface area contributed by atoms with Crippen LogP contribution < -0.4 is 4.90 Å². The molecule has 0 aliphatic carbocycles. The van der Waals surface area contributed by atoms with Crippen LogP contribution in [0.15, 0.2) is 30.5 Å². The van der Waals surface area contributed by atoms with E-state index >= 15 is 0 Å². The minimum atomic E-state index is -3.87. The van der Waals surface area contributed by atoms with E-state index in [0.29, 0.717) is 0 Å². The lowest BCUT2D eigenvalue weighted by Gasteiger charge is -2.29. The van der Waals surface area contributed by atoms with Crippen molar-refractivity contribution < 1.29 is 21.6 Å². The van der Waals surface area contributed by atoms with Crippen LogP contribution in [0, 0.1) is 11.6 Å². The molecule has 0 spiro atoms. The van der Waals surface area contributed by atoms with Crippen LogP contribution in [0.1, 0.15) is 38.8 Å².